The molecule has 0 saturated heterocycles. The molecule has 0 rings (SSSR count). The van der Waals surface area contributed by atoms with Gasteiger partial charge in [0.05, 0.1) is 12.2 Å². The largest absolute Gasteiger partial charge is 0.392 e. The number of nitrogens with zero attached hydrogens (tertiary/aromatic N) is 3. The van der Waals surface area contributed by atoms with Crippen LogP contribution >= 0.6 is 0 Å². The summed E-state index contributed by atoms with van der Waals surface area (Å²) in [5, 5.41) is 20.6. The molecule has 0 saturated carbocycles. The van der Waals surface area contributed by atoms with Crippen LogP contribution in [0.5, 0.6) is 0 Å². The van der Waals surface area contributed by atoms with Gasteiger partial charge in [-0.05, 0) is 53.9 Å². The highest BCUT2D eigenvalue weighted by atomic mass is 16.3. The third kappa shape index (κ3) is 22.0. The molecule has 0 amide bonds. The average molecular weight is 321 g/mol. The van der Waals surface area contributed by atoms with E-state index < -0.39 is 0 Å². The molecule has 0 fully saturated rings. The maximum absolute atomic E-state index is 9.31. The predicted molar refractivity (Wildman–Crippen MR) is 95.0 cm³/mol. The standard InChI is InChI=1S/C11H26N2O2.C5H14N2/c1-10(14)8-13(9-11(2)15)7-5-6-12(3)4;1-4-5-6-7(2)3/h10-11,14-15H,5-9H2,1-4H3;6H,4-5H2,1-3H3. The number of hydrogen-bond acceptors (Lipinski definition) is 6. The van der Waals surface area contributed by atoms with Crippen molar-refractivity contribution in [3.63, 3.8) is 0 Å². The third-order valence-corrected chi connectivity index (χ3v) is 2.80. The van der Waals surface area contributed by atoms with E-state index in [1.165, 1.54) is 6.42 Å². The van der Waals surface area contributed by atoms with Crippen molar-refractivity contribution >= 4 is 0 Å². The highest BCUT2D eigenvalue weighted by molar-refractivity contribution is 4.65. The van der Waals surface area contributed by atoms with E-state index in [1.54, 1.807) is 13.8 Å². The number of hydrogen-bond donors (Lipinski definition) is 3. The van der Waals surface area contributed by atoms with Crippen molar-refractivity contribution in [2.24, 2.45) is 0 Å². The zero-order valence-electron chi connectivity index (χ0n) is 15.8. The van der Waals surface area contributed by atoms with Crippen LogP contribution in [-0.2, 0) is 0 Å². The number of hydrazine groups is 1. The minimum absolute atomic E-state index is 0.330. The Bertz CT molecular complexity index is 214. The van der Waals surface area contributed by atoms with Gasteiger partial charge in [-0.25, -0.2) is 0 Å². The smallest absolute Gasteiger partial charge is 0.0639 e. The Morgan fingerprint density at radius 2 is 1.41 bits per heavy atom. The van der Waals surface area contributed by atoms with Gasteiger partial charge < -0.3 is 15.1 Å². The first-order chi connectivity index (χ1) is 10.2. The van der Waals surface area contributed by atoms with Crippen LogP contribution in [0.25, 0.3) is 0 Å². The second-order valence-corrected chi connectivity index (χ2v) is 6.42. The van der Waals surface area contributed by atoms with Crippen LogP contribution in [-0.4, -0.2) is 98.1 Å². The van der Waals surface area contributed by atoms with Crippen molar-refractivity contribution in [2.45, 2.75) is 45.8 Å². The summed E-state index contributed by atoms with van der Waals surface area (Å²) in [6.07, 6.45) is 1.59. The van der Waals surface area contributed by atoms with E-state index in [1.807, 2.05) is 33.2 Å². The van der Waals surface area contributed by atoms with E-state index in [-0.39, 0.29) is 12.2 Å². The molecule has 0 aromatic rings. The van der Waals surface area contributed by atoms with Gasteiger partial charge in [-0.3, -0.25) is 15.3 Å². The highest BCUT2D eigenvalue weighted by Crippen LogP contribution is 1.98. The fourth-order valence-corrected chi connectivity index (χ4v) is 1.95. The monoisotopic (exact) mass is 320 g/mol. The molecule has 0 aliphatic carbocycles. The van der Waals surface area contributed by atoms with E-state index in [4.69, 9.17) is 0 Å². The number of aliphatic hydroxyl groups excluding tert-OH is 2. The van der Waals surface area contributed by atoms with Gasteiger partial charge in [-0.15, -0.1) is 0 Å². The topological polar surface area (TPSA) is 62.2 Å². The number of nitrogens with one attached hydrogen (secondary N) is 1. The first-order valence-corrected chi connectivity index (χ1v) is 8.33. The minimum atomic E-state index is -0.330. The Balaban J connectivity index is 0. The molecule has 0 aromatic heterocycles. The van der Waals surface area contributed by atoms with Gasteiger partial charge in [0.15, 0.2) is 0 Å². The first-order valence-electron chi connectivity index (χ1n) is 8.33. The van der Waals surface area contributed by atoms with E-state index in [9.17, 15) is 10.2 Å². The summed E-state index contributed by atoms with van der Waals surface area (Å²) < 4.78 is 0. The van der Waals surface area contributed by atoms with Crippen LogP contribution in [0.15, 0.2) is 0 Å². The fourth-order valence-electron chi connectivity index (χ4n) is 1.95. The maximum Gasteiger partial charge on any atom is 0.0639 e. The molecule has 6 heteroatoms. The van der Waals surface area contributed by atoms with Gasteiger partial charge in [-0.1, -0.05) is 6.92 Å². The van der Waals surface area contributed by atoms with Crippen LogP contribution in [0.3, 0.4) is 0 Å². The number of rotatable bonds is 11. The van der Waals surface area contributed by atoms with Crippen LogP contribution in [0, 0.1) is 0 Å². The van der Waals surface area contributed by atoms with Crippen molar-refractivity contribution in [3.05, 3.63) is 0 Å². The first kappa shape index (κ1) is 24.0. The quantitative estimate of drug-likeness (QED) is 0.481. The molecule has 2 unspecified atom stereocenters. The molecular weight excluding hydrogens is 280 g/mol. The Hall–Kier alpha value is -0.240. The van der Waals surface area contributed by atoms with Crippen molar-refractivity contribution < 1.29 is 10.2 Å². The molecule has 0 heterocycles. The van der Waals surface area contributed by atoms with Crippen molar-refractivity contribution in [1.82, 2.24) is 20.2 Å². The molecule has 0 bridgehead atoms. The van der Waals surface area contributed by atoms with Crippen LogP contribution in [0.1, 0.15) is 33.6 Å². The molecule has 22 heavy (non-hydrogen) atoms. The Labute approximate surface area is 138 Å². The van der Waals surface area contributed by atoms with Crippen LogP contribution < -0.4 is 5.43 Å². The third-order valence-electron chi connectivity index (χ3n) is 2.80. The lowest BCUT2D eigenvalue weighted by atomic mass is 10.2. The summed E-state index contributed by atoms with van der Waals surface area (Å²) in [5.41, 5.74) is 3.13. The van der Waals surface area contributed by atoms with Crippen LogP contribution in [0.2, 0.25) is 0 Å². The normalized spacial score (nSPS) is 14.2. The van der Waals surface area contributed by atoms with E-state index in [2.05, 4.69) is 22.1 Å². The molecule has 0 radical (unpaired) electrons. The van der Waals surface area contributed by atoms with Gasteiger partial charge >= 0.3 is 0 Å². The number of aliphatic hydroxyl groups is 2. The summed E-state index contributed by atoms with van der Waals surface area (Å²) in [7, 11) is 8.09. The SMILES string of the molecule is CC(O)CN(CCCN(C)C)CC(C)O.CCCNN(C)C. The van der Waals surface area contributed by atoms with E-state index in [0.717, 1.165) is 26.1 Å². The lowest BCUT2D eigenvalue weighted by Gasteiger charge is -2.25. The summed E-state index contributed by atoms with van der Waals surface area (Å²) in [4.78, 5) is 4.25. The predicted octanol–water partition coefficient (Wildman–Crippen LogP) is 0.464. The van der Waals surface area contributed by atoms with Crippen molar-refractivity contribution in [2.75, 3.05) is 60.9 Å². The van der Waals surface area contributed by atoms with Crippen molar-refractivity contribution in [3.8, 4) is 0 Å². The molecule has 6 nitrogen and oxygen atoms in total. The fraction of sp³-hybridized carbons (Fsp3) is 1.00. The molecular formula is C16H40N4O2. The van der Waals surface area contributed by atoms with E-state index >= 15 is 0 Å². The molecule has 0 aliphatic rings. The molecule has 0 spiro atoms. The summed E-state index contributed by atoms with van der Waals surface area (Å²) in [6.45, 7) is 10.0. The molecule has 0 aliphatic heterocycles. The lowest BCUT2D eigenvalue weighted by Crippen LogP contribution is -2.37. The molecule has 3 N–H and O–H groups in total. The zero-order chi connectivity index (χ0) is 17.5. The summed E-state index contributed by atoms with van der Waals surface area (Å²) in [6, 6.07) is 0. The van der Waals surface area contributed by atoms with E-state index in [0.29, 0.717) is 13.1 Å². The Kier molecular flexibility index (Phi) is 17.1. The second-order valence-electron chi connectivity index (χ2n) is 6.42. The lowest BCUT2D eigenvalue weighted by molar-refractivity contribution is 0.0817. The summed E-state index contributed by atoms with van der Waals surface area (Å²) in [5.74, 6) is 0. The molecule has 136 valence electrons. The molecule has 0 aromatic carbocycles. The van der Waals surface area contributed by atoms with Gasteiger partial charge in [0.25, 0.3) is 0 Å². The minimum Gasteiger partial charge on any atom is -0.392 e. The van der Waals surface area contributed by atoms with Gasteiger partial charge in [0.2, 0.25) is 0 Å². The average Bonchev–Trinajstić information content (AvgIpc) is 2.35. The van der Waals surface area contributed by atoms with Gasteiger partial charge in [0.1, 0.15) is 0 Å². The Morgan fingerprint density at radius 1 is 0.909 bits per heavy atom. The zero-order valence-corrected chi connectivity index (χ0v) is 15.8. The summed E-state index contributed by atoms with van der Waals surface area (Å²) >= 11 is 0. The highest BCUT2D eigenvalue weighted by Gasteiger charge is 2.10. The van der Waals surface area contributed by atoms with Gasteiger partial charge in [0, 0.05) is 33.7 Å². The maximum atomic E-state index is 9.31. The van der Waals surface area contributed by atoms with Crippen LogP contribution in [0.4, 0.5) is 0 Å². The van der Waals surface area contributed by atoms with Crippen molar-refractivity contribution in [1.29, 1.82) is 0 Å². The molecule has 2 atom stereocenters. The van der Waals surface area contributed by atoms with Gasteiger partial charge in [-0.2, -0.15) is 0 Å². The second kappa shape index (κ2) is 15.6. The Morgan fingerprint density at radius 3 is 1.68 bits per heavy atom.